The molecule has 0 heterocycles. The Morgan fingerprint density at radius 2 is 1.44 bits per heavy atom. The molecule has 0 fully saturated rings. The van der Waals surface area contributed by atoms with Crippen molar-refractivity contribution in [2.24, 2.45) is 0 Å². The van der Waals surface area contributed by atoms with Crippen molar-refractivity contribution in [3.8, 4) is 0 Å². The number of rotatable bonds is 4. The van der Waals surface area contributed by atoms with Crippen molar-refractivity contribution in [1.82, 2.24) is 10.9 Å². The SMILES string of the molecule is Cc1ccc(C(=O)NNC(=O)c2ccc(F)cc2)cc1NS(C)(=O)=O. The van der Waals surface area contributed by atoms with E-state index < -0.39 is 27.7 Å². The van der Waals surface area contributed by atoms with Crippen molar-refractivity contribution in [3.05, 3.63) is 65.0 Å². The summed E-state index contributed by atoms with van der Waals surface area (Å²) >= 11 is 0. The fourth-order valence-corrected chi connectivity index (χ4v) is 2.55. The number of carbonyl (C=O) groups excluding carboxylic acids is 2. The third kappa shape index (κ3) is 5.28. The fourth-order valence-electron chi connectivity index (χ4n) is 1.93. The highest BCUT2D eigenvalue weighted by atomic mass is 32.2. The van der Waals surface area contributed by atoms with Crippen LogP contribution in [0, 0.1) is 12.7 Å². The Bertz CT molecular complexity index is 911. The predicted molar refractivity (Wildman–Crippen MR) is 91.0 cm³/mol. The van der Waals surface area contributed by atoms with E-state index in [4.69, 9.17) is 0 Å². The molecule has 0 bridgehead atoms. The number of aryl methyl sites for hydroxylation is 1. The van der Waals surface area contributed by atoms with E-state index in [1.165, 1.54) is 24.3 Å². The lowest BCUT2D eigenvalue weighted by Gasteiger charge is -2.11. The molecule has 132 valence electrons. The number of carbonyl (C=O) groups is 2. The maximum atomic E-state index is 12.8. The van der Waals surface area contributed by atoms with E-state index in [0.717, 1.165) is 18.4 Å². The number of hydrogen-bond donors (Lipinski definition) is 3. The largest absolute Gasteiger partial charge is 0.283 e. The average Bonchev–Trinajstić information content (AvgIpc) is 2.53. The molecule has 0 saturated heterocycles. The summed E-state index contributed by atoms with van der Waals surface area (Å²) in [7, 11) is -3.49. The molecule has 9 heteroatoms. The van der Waals surface area contributed by atoms with Crippen LogP contribution in [0.15, 0.2) is 42.5 Å². The summed E-state index contributed by atoms with van der Waals surface area (Å²) in [5, 5.41) is 0. The number of hydrogen-bond acceptors (Lipinski definition) is 4. The second-order valence-corrected chi connectivity index (χ2v) is 7.07. The Labute approximate surface area is 144 Å². The van der Waals surface area contributed by atoms with E-state index >= 15 is 0 Å². The lowest BCUT2D eigenvalue weighted by atomic mass is 10.1. The van der Waals surface area contributed by atoms with Crippen molar-refractivity contribution >= 4 is 27.5 Å². The Hall–Kier alpha value is -2.94. The van der Waals surface area contributed by atoms with E-state index in [2.05, 4.69) is 15.6 Å². The molecule has 0 atom stereocenters. The highest BCUT2D eigenvalue weighted by Gasteiger charge is 2.12. The van der Waals surface area contributed by atoms with E-state index in [9.17, 15) is 22.4 Å². The average molecular weight is 365 g/mol. The maximum Gasteiger partial charge on any atom is 0.269 e. The molecule has 0 saturated carbocycles. The van der Waals surface area contributed by atoms with Crippen LogP contribution < -0.4 is 15.6 Å². The maximum absolute atomic E-state index is 12.8. The van der Waals surface area contributed by atoms with Gasteiger partial charge >= 0.3 is 0 Å². The van der Waals surface area contributed by atoms with Gasteiger partial charge in [0.1, 0.15) is 5.82 Å². The lowest BCUT2D eigenvalue weighted by molar-refractivity contribution is 0.0846. The van der Waals surface area contributed by atoms with Crippen molar-refractivity contribution in [2.75, 3.05) is 11.0 Å². The smallest absolute Gasteiger partial charge is 0.269 e. The molecule has 0 aromatic heterocycles. The minimum absolute atomic E-state index is 0.149. The van der Waals surface area contributed by atoms with Gasteiger partial charge in [0.25, 0.3) is 11.8 Å². The second-order valence-electron chi connectivity index (χ2n) is 5.32. The molecule has 2 aromatic rings. The van der Waals surface area contributed by atoms with Crippen LogP contribution in [0.1, 0.15) is 26.3 Å². The zero-order valence-electron chi connectivity index (χ0n) is 13.5. The molecule has 25 heavy (non-hydrogen) atoms. The van der Waals surface area contributed by atoms with Crippen LogP contribution in [-0.4, -0.2) is 26.5 Å². The van der Waals surface area contributed by atoms with E-state index in [-0.39, 0.29) is 16.8 Å². The molecule has 0 aliphatic rings. The van der Waals surface area contributed by atoms with E-state index in [1.54, 1.807) is 13.0 Å². The lowest BCUT2D eigenvalue weighted by Crippen LogP contribution is -2.41. The highest BCUT2D eigenvalue weighted by molar-refractivity contribution is 7.92. The molecular weight excluding hydrogens is 349 g/mol. The molecule has 0 aliphatic heterocycles. The summed E-state index contributed by atoms with van der Waals surface area (Å²) < 4.78 is 37.8. The molecule has 0 radical (unpaired) electrons. The van der Waals surface area contributed by atoms with Crippen LogP contribution >= 0.6 is 0 Å². The van der Waals surface area contributed by atoms with Gasteiger partial charge < -0.3 is 0 Å². The first kappa shape index (κ1) is 18.4. The van der Waals surface area contributed by atoms with Crippen LogP contribution in [0.25, 0.3) is 0 Å². The quantitative estimate of drug-likeness (QED) is 0.716. The van der Waals surface area contributed by atoms with Gasteiger partial charge in [0.2, 0.25) is 10.0 Å². The Morgan fingerprint density at radius 1 is 0.920 bits per heavy atom. The zero-order valence-corrected chi connectivity index (χ0v) is 14.3. The van der Waals surface area contributed by atoms with Crippen molar-refractivity contribution < 1.29 is 22.4 Å². The predicted octanol–water partition coefficient (Wildman–Crippen LogP) is 1.58. The molecule has 7 nitrogen and oxygen atoms in total. The van der Waals surface area contributed by atoms with Gasteiger partial charge in [-0.05, 0) is 48.9 Å². The molecular formula is C16H16FN3O4S. The van der Waals surface area contributed by atoms with Gasteiger partial charge in [0, 0.05) is 11.1 Å². The van der Waals surface area contributed by atoms with Gasteiger partial charge in [0.05, 0.1) is 11.9 Å². The number of anilines is 1. The van der Waals surface area contributed by atoms with Crippen LogP contribution in [0.2, 0.25) is 0 Å². The highest BCUT2D eigenvalue weighted by Crippen LogP contribution is 2.18. The number of benzene rings is 2. The summed E-state index contributed by atoms with van der Waals surface area (Å²) in [6, 6.07) is 9.22. The molecule has 0 aliphatic carbocycles. The third-order valence-corrected chi connectivity index (χ3v) is 3.78. The first-order chi connectivity index (χ1) is 11.7. The van der Waals surface area contributed by atoms with Gasteiger partial charge in [0.15, 0.2) is 0 Å². The van der Waals surface area contributed by atoms with Crippen LogP contribution in [0.5, 0.6) is 0 Å². The number of nitrogens with one attached hydrogen (secondary N) is 3. The summed E-state index contributed by atoms with van der Waals surface area (Å²) in [4.78, 5) is 24.0. The third-order valence-electron chi connectivity index (χ3n) is 3.19. The van der Waals surface area contributed by atoms with Crippen molar-refractivity contribution in [1.29, 1.82) is 0 Å². The summed E-state index contributed by atoms with van der Waals surface area (Å²) in [5.41, 5.74) is 5.63. The van der Waals surface area contributed by atoms with Crippen LogP contribution in [-0.2, 0) is 10.0 Å². The minimum Gasteiger partial charge on any atom is -0.283 e. The fraction of sp³-hybridized carbons (Fsp3) is 0.125. The Balaban J connectivity index is 2.06. The Morgan fingerprint density at radius 3 is 2.00 bits per heavy atom. The van der Waals surface area contributed by atoms with Gasteiger partial charge in [-0.3, -0.25) is 25.2 Å². The summed E-state index contributed by atoms with van der Waals surface area (Å²) in [6.07, 6.45) is 1.00. The second kappa shape index (κ2) is 7.31. The molecule has 2 aromatic carbocycles. The number of hydrazine groups is 1. The van der Waals surface area contributed by atoms with Crippen LogP contribution in [0.3, 0.4) is 0 Å². The van der Waals surface area contributed by atoms with Gasteiger partial charge in [-0.1, -0.05) is 6.07 Å². The first-order valence-corrected chi connectivity index (χ1v) is 8.99. The van der Waals surface area contributed by atoms with Crippen LogP contribution in [0.4, 0.5) is 10.1 Å². The van der Waals surface area contributed by atoms with Gasteiger partial charge in [-0.2, -0.15) is 0 Å². The molecule has 0 unspecified atom stereocenters. The standard InChI is InChI=1S/C16H16FN3O4S/c1-10-3-4-12(9-14(10)20-25(2,23)24)16(22)19-18-15(21)11-5-7-13(17)8-6-11/h3-9,20H,1-2H3,(H,18,21)(H,19,22). The topological polar surface area (TPSA) is 104 Å². The van der Waals surface area contributed by atoms with E-state index in [1.807, 2.05) is 0 Å². The normalized spacial score (nSPS) is 10.8. The van der Waals surface area contributed by atoms with Gasteiger partial charge in [-0.25, -0.2) is 12.8 Å². The van der Waals surface area contributed by atoms with E-state index in [0.29, 0.717) is 5.56 Å². The van der Waals surface area contributed by atoms with Crippen molar-refractivity contribution in [3.63, 3.8) is 0 Å². The number of amides is 2. The molecule has 0 spiro atoms. The number of halogens is 1. The summed E-state index contributed by atoms with van der Waals surface area (Å²) in [5.74, 6) is -1.73. The zero-order chi connectivity index (χ0) is 18.6. The van der Waals surface area contributed by atoms with Gasteiger partial charge in [-0.15, -0.1) is 0 Å². The summed E-state index contributed by atoms with van der Waals surface area (Å²) in [6.45, 7) is 1.69. The van der Waals surface area contributed by atoms with Crippen molar-refractivity contribution in [2.45, 2.75) is 6.92 Å². The molecule has 2 amide bonds. The number of sulfonamides is 1. The molecule has 3 N–H and O–H groups in total. The Kier molecular flexibility index (Phi) is 5.38. The monoisotopic (exact) mass is 365 g/mol. The first-order valence-electron chi connectivity index (χ1n) is 7.10. The molecule has 2 rings (SSSR count). The minimum atomic E-state index is -3.49.